The van der Waals surface area contributed by atoms with Crippen LogP contribution in [0.3, 0.4) is 0 Å². The van der Waals surface area contributed by atoms with Crippen LogP contribution in [-0.4, -0.2) is 59.5 Å². The number of carbonyl (C=O) groups is 2. The summed E-state index contributed by atoms with van der Waals surface area (Å²) < 4.78 is 41.8. The molecule has 0 saturated carbocycles. The van der Waals surface area contributed by atoms with Crippen molar-refractivity contribution in [3.05, 3.63) is 70.1 Å². The van der Waals surface area contributed by atoms with Gasteiger partial charge in [0, 0.05) is 18.4 Å². The van der Waals surface area contributed by atoms with E-state index in [1.54, 1.807) is 6.92 Å². The molecule has 2 heterocycles. The van der Waals surface area contributed by atoms with E-state index < -0.39 is 9.84 Å². The van der Waals surface area contributed by atoms with Crippen molar-refractivity contribution in [1.29, 1.82) is 0 Å². The molecule has 1 aliphatic heterocycles. The molecule has 0 spiro atoms. The quantitative estimate of drug-likeness (QED) is 0.264. The molecule has 1 saturated heterocycles. The average Bonchev–Trinajstić information content (AvgIpc) is 3.32. The number of nitrogens with one attached hydrogen (secondary N) is 1. The van der Waals surface area contributed by atoms with Crippen LogP contribution in [0.5, 0.6) is 5.75 Å². The summed E-state index contributed by atoms with van der Waals surface area (Å²) in [6.45, 7) is 3.92. The van der Waals surface area contributed by atoms with Crippen molar-refractivity contribution in [3.8, 4) is 16.9 Å². The van der Waals surface area contributed by atoms with Gasteiger partial charge in [-0.1, -0.05) is 36.4 Å². The molecule has 3 aromatic rings. The maximum atomic E-state index is 13.1. The van der Waals surface area contributed by atoms with Crippen molar-refractivity contribution < 1.29 is 32.2 Å². The first-order valence-corrected chi connectivity index (χ1v) is 16.1. The van der Waals surface area contributed by atoms with E-state index in [9.17, 15) is 18.0 Å². The van der Waals surface area contributed by atoms with E-state index in [0.717, 1.165) is 40.0 Å². The van der Waals surface area contributed by atoms with Gasteiger partial charge in [-0.25, -0.2) is 8.42 Å². The van der Waals surface area contributed by atoms with Gasteiger partial charge < -0.3 is 19.5 Å². The van der Waals surface area contributed by atoms with Gasteiger partial charge in [-0.2, -0.15) is 0 Å². The number of carbonyl (C=O) groups excluding carboxylic acids is 2. The van der Waals surface area contributed by atoms with Gasteiger partial charge in [0.15, 0.2) is 9.84 Å². The van der Waals surface area contributed by atoms with E-state index in [4.69, 9.17) is 14.2 Å². The first-order chi connectivity index (χ1) is 19.2. The number of aryl methyl sites for hydroxylation is 1. The van der Waals surface area contributed by atoms with E-state index in [1.807, 2.05) is 48.5 Å². The standard InChI is InChI=1S/C30H33NO7S2/c1-3-37-25(32)17-30(18-36-19-30)21-10-12-22(13-11-21)38-16-6-15-31-28(33)27-24-14-9-20-7-4-5-8-23(20)26(24)29(39-27)40(2,34)35/h4-5,7-8,10-13H,3,6,9,14-19H2,1-2H3,(H,31,33). The lowest BCUT2D eigenvalue weighted by Gasteiger charge is -2.41. The minimum Gasteiger partial charge on any atom is -0.494 e. The van der Waals surface area contributed by atoms with Crippen molar-refractivity contribution in [2.45, 2.75) is 42.2 Å². The topological polar surface area (TPSA) is 108 Å². The number of hydrogen-bond acceptors (Lipinski definition) is 8. The lowest BCUT2D eigenvalue weighted by molar-refractivity contribution is -0.151. The maximum Gasteiger partial charge on any atom is 0.306 e. The van der Waals surface area contributed by atoms with Crippen LogP contribution >= 0.6 is 11.3 Å². The Bertz CT molecular complexity index is 1510. The Kier molecular flexibility index (Phi) is 8.30. The average molecular weight is 584 g/mol. The second-order valence-electron chi connectivity index (χ2n) is 10.2. The molecule has 1 aromatic heterocycles. The zero-order chi connectivity index (χ0) is 28.3. The summed E-state index contributed by atoms with van der Waals surface area (Å²) in [7, 11) is -3.49. The van der Waals surface area contributed by atoms with Gasteiger partial charge in [-0.15, -0.1) is 11.3 Å². The van der Waals surface area contributed by atoms with Crippen molar-refractivity contribution >= 4 is 33.1 Å². The first-order valence-electron chi connectivity index (χ1n) is 13.4. The van der Waals surface area contributed by atoms with E-state index in [0.29, 0.717) is 62.0 Å². The third-order valence-electron chi connectivity index (χ3n) is 7.34. The Labute approximate surface area is 238 Å². The highest BCUT2D eigenvalue weighted by molar-refractivity contribution is 7.93. The zero-order valence-electron chi connectivity index (χ0n) is 22.7. The molecular formula is C30H33NO7S2. The van der Waals surface area contributed by atoms with E-state index in [2.05, 4.69) is 5.32 Å². The normalized spacial score (nSPS) is 15.3. The van der Waals surface area contributed by atoms with Gasteiger partial charge in [0.25, 0.3) is 5.91 Å². The molecule has 212 valence electrons. The number of benzene rings is 2. The minimum atomic E-state index is -3.49. The molecule has 5 rings (SSSR count). The SMILES string of the molecule is CCOC(=O)CC1(c2ccc(OCCCNC(=O)c3sc(S(C)(=O)=O)c4c3CCc3ccccc3-4)cc2)COC1. The lowest BCUT2D eigenvalue weighted by atomic mass is 9.76. The molecule has 0 radical (unpaired) electrons. The summed E-state index contributed by atoms with van der Waals surface area (Å²) in [5.74, 6) is 0.216. The zero-order valence-corrected chi connectivity index (χ0v) is 24.3. The second kappa shape index (κ2) is 11.7. The Morgan fingerprint density at radius 2 is 1.82 bits per heavy atom. The van der Waals surface area contributed by atoms with E-state index in [-0.39, 0.29) is 27.9 Å². The molecule has 10 heteroatoms. The van der Waals surface area contributed by atoms with Crippen LogP contribution in [-0.2, 0) is 42.4 Å². The predicted molar refractivity (Wildman–Crippen MR) is 153 cm³/mol. The summed E-state index contributed by atoms with van der Waals surface area (Å²) >= 11 is 1.06. The van der Waals surface area contributed by atoms with Crippen LogP contribution < -0.4 is 10.1 Å². The molecule has 2 aromatic carbocycles. The van der Waals surface area contributed by atoms with Crippen molar-refractivity contribution in [1.82, 2.24) is 5.32 Å². The molecule has 0 unspecified atom stereocenters. The third kappa shape index (κ3) is 5.80. The van der Waals surface area contributed by atoms with Crippen LogP contribution in [0, 0.1) is 0 Å². The number of thiophene rings is 1. The Morgan fingerprint density at radius 1 is 1.07 bits per heavy atom. The molecule has 1 N–H and O–H groups in total. The maximum absolute atomic E-state index is 13.1. The highest BCUT2D eigenvalue weighted by atomic mass is 32.2. The number of hydrogen-bond donors (Lipinski definition) is 1. The second-order valence-corrected chi connectivity index (χ2v) is 13.5. The fourth-order valence-corrected chi connectivity index (χ4v) is 7.77. The summed E-state index contributed by atoms with van der Waals surface area (Å²) in [4.78, 5) is 25.6. The first kappa shape index (κ1) is 28.3. The molecule has 1 amide bonds. The predicted octanol–water partition coefficient (Wildman–Crippen LogP) is 4.34. The highest BCUT2D eigenvalue weighted by Gasteiger charge is 2.42. The van der Waals surface area contributed by atoms with Gasteiger partial charge in [-0.3, -0.25) is 9.59 Å². The number of fused-ring (bicyclic) bond motifs is 3. The number of amides is 1. The Hall–Kier alpha value is -3.21. The fraction of sp³-hybridized carbons (Fsp3) is 0.400. The summed E-state index contributed by atoms with van der Waals surface area (Å²) in [5.41, 5.74) is 4.16. The van der Waals surface area contributed by atoms with Crippen LogP contribution in [0.4, 0.5) is 0 Å². The van der Waals surface area contributed by atoms with Crippen LogP contribution in [0.1, 0.15) is 46.1 Å². The molecule has 0 atom stereocenters. The third-order valence-corrected chi connectivity index (χ3v) is 10.4. The van der Waals surface area contributed by atoms with Crippen molar-refractivity contribution in [2.24, 2.45) is 0 Å². The number of ether oxygens (including phenoxy) is 3. The summed E-state index contributed by atoms with van der Waals surface area (Å²) in [6, 6.07) is 15.5. The molecule has 1 fully saturated rings. The van der Waals surface area contributed by atoms with Crippen LogP contribution in [0.25, 0.3) is 11.1 Å². The van der Waals surface area contributed by atoms with Gasteiger partial charge in [0.05, 0.1) is 43.1 Å². The van der Waals surface area contributed by atoms with Crippen molar-refractivity contribution in [3.63, 3.8) is 0 Å². The number of rotatable bonds is 11. The number of esters is 1. The molecule has 8 nitrogen and oxygen atoms in total. The van der Waals surface area contributed by atoms with Gasteiger partial charge >= 0.3 is 5.97 Å². The molecule has 0 bridgehead atoms. The summed E-state index contributed by atoms with van der Waals surface area (Å²) in [5, 5.41) is 2.94. The molecule has 40 heavy (non-hydrogen) atoms. The minimum absolute atomic E-state index is 0.228. The highest BCUT2D eigenvalue weighted by Crippen LogP contribution is 2.44. The van der Waals surface area contributed by atoms with Crippen LogP contribution in [0.15, 0.2) is 52.7 Å². The van der Waals surface area contributed by atoms with Gasteiger partial charge in [-0.05, 0) is 60.6 Å². The number of sulfone groups is 1. The van der Waals surface area contributed by atoms with Gasteiger partial charge in [0.1, 0.15) is 9.96 Å². The Balaban J connectivity index is 1.16. The lowest BCUT2D eigenvalue weighted by Crippen LogP contribution is -2.48. The van der Waals surface area contributed by atoms with E-state index >= 15 is 0 Å². The fourth-order valence-electron chi connectivity index (χ4n) is 5.30. The van der Waals surface area contributed by atoms with Gasteiger partial charge in [0.2, 0.25) is 0 Å². The molecule has 2 aliphatic rings. The van der Waals surface area contributed by atoms with Crippen molar-refractivity contribution in [2.75, 3.05) is 39.2 Å². The van der Waals surface area contributed by atoms with Crippen LogP contribution in [0.2, 0.25) is 0 Å². The molecular weight excluding hydrogens is 550 g/mol. The monoisotopic (exact) mass is 583 g/mol. The Morgan fingerprint density at radius 3 is 2.50 bits per heavy atom. The van der Waals surface area contributed by atoms with E-state index in [1.165, 1.54) is 6.26 Å². The largest absolute Gasteiger partial charge is 0.494 e. The smallest absolute Gasteiger partial charge is 0.306 e. The molecule has 1 aliphatic carbocycles. The summed E-state index contributed by atoms with van der Waals surface area (Å²) in [6.07, 6.45) is 3.47.